The van der Waals surface area contributed by atoms with Crippen LogP contribution in [0.4, 0.5) is 10.2 Å². The van der Waals surface area contributed by atoms with E-state index in [2.05, 4.69) is 21.2 Å². The fraction of sp³-hybridized carbons (Fsp3) is 0.258. The molecule has 1 amide bonds. The Morgan fingerprint density at radius 2 is 1.76 bits per heavy atom. The molecule has 1 aromatic carbocycles. The molecule has 0 radical (unpaired) electrons. The minimum Gasteiger partial charge on any atom is -0.353 e. The number of pyridine rings is 2. The first-order valence-corrected chi connectivity index (χ1v) is 13.5. The van der Waals surface area contributed by atoms with Crippen molar-refractivity contribution >= 4 is 17.2 Å². The number of fused-ring (bicyclic) bond motifs is 1. The number of nitriles is 1. The van der Waals surface area contributed by atoms with Crippen LogP contribution in [0.3, 0.4) is 0 Å². The first-order valence-electron chi connectivity index (χ1n) is 13.5. The predicted octanol–water partition coefficient (Wildman–Crippen LogP) is 4.65. The van der Waals surface area contributed by atoms with Gasteiger partial charge in [-0.1, -0.05) is 19.1 Å². The van der Waals surface area contributed by atoms with Gasteiger partial charge in [0.2, 0.25) is 5.91 Å². The Hall–Kier alpha value is -5.04. The minimum absolute atomic E-state index is 0.0239. The lowest BCUT2D eigenvalue weighted by Crippen LogP contribution is -2.49. The van der Waals surface area contributed by atoms with Gasteiger partial charge >= 0.3 is 0 Å². The van der Waals surface area contributed by atoms with Crippen molar-refractivity contribution in [1.82, 2.24) is 29.3 Å². The second-order valence-corrected chi connectivity index (χ2v) is 10.4. The van der Waals surface area contributed by atoms with Gasteiger partial charge in [0.15, 0.2) is 0 Å². The van der Waals surface area contributed by atoms with Crippen LogP contribution >= 0.6 is 0 Å². The van der Waals surface area contributed by atoms with Gasteiger partial charge < -0.3 is 9.80 Å². The van der Waals surface area contributed by atoms with Crippen LogP contribution in [0.15, 0.2) is 73.4 Å². The van der Waals surface area contributed by atoms with Crippen molar-refractivity contribution in [2.75, 3.05) is 31.1 Å². The second kappa shape index (κ2) is 10.8. The van der Waals surface area contributed by atoms with Crippen LogP contribution in [0.2, 0.25) is 0 Å². The van der Waals surface area contributed by atoms with Crippen LogP contribution < -0.4 is 4.90 Å². The third-order valence-electron chi connectivity index (χ3n) is 7.71. The second-order valence-electron chi connectivity index (χ2n) is 10.4. The number of aryl methyl sites for hydroxylation is 1. The third kappa shape index (κ3) is 5.26. The minimum atomic E-state index is -0.273. The number of carbonyl (C=O) groups excluding carboxylic acids is 1. The van der Waals surface area contributed by atoms with Crippen molar-refractivity contribution in [3.63, 3.8) is 0 Å². The van der Waals surface area contributed by atoms with E-state index >= 15 is 0 Å². The SMILES string of the molecule is C[C@@H](CC(=O)N1CCN(c2ccc(-c3cc(-c4cnn(C)c4)cn4ncc(C#N)c34)cn2)CC1)c1ccc(F)cc1. The number of nitrogens with zero attached hydrogens (tertiary/aromatic N) is 8. The number of carbonyl (C=O) groups is 1. The Morgan fingerprint density at radius 1 is 0.976 bits per heavy atom. The van der Waals surface area contributed by atoms with E-state index in [9.17, 15) is 14.4 Å². The highest BCUT2D eigenvalue weighted by atomic mass is 19.1. The molecule has 5 aromatic rings. The van der Waals surface area contributed by atoms with E-state index in [1.807, 2.05) is 55.7 Å². The van der Waals surface area contributed by atoms with E-state index in [-0.39, 0.29) is 17.6 Å². The van der Waals surface area contributed by atoms with Crippen LogP contribution in [0.25, 0.3) is 27.8 Å². The van der Waals surface area contributed by atoms with Gasteiger partial charge in [0, 0.05) is 80.5 Å². The van der Waals surface area contributed by atoms with Crippen LogP contribution in [0.5, 0.6) is 0 Å². The van der Waals surface area contributed by atoms with Gasteiger partial charge in [-0.3, -0.25) is 9.48 Å². The van der Waals surface area contributed by atoms with E-state index in [0.29, 0.717) is 38.2 Å². The number of amides is 1. The molecule has 1 fully saturated rings. The topological polar surface area (TPSA) is 95.4 Å². The van der Waals surface area contributed by atoms with Crippen molar-refractivity contribution < 1.29 is 9.18 Å². The molecule has 1 atom stereocenters. The molecule has 1 aliphatic heterocycles. The normalized spacial score (nSPS) is 14.3. The van der Waals surface area contributed by atoms with Gasteiger partial charge in [-0.05, 0) is 41.8 Å². The molecule has 6 rings (SSSR count). The maximum Gasteiger partial charge on any atom is 0.223 e. The van der Waals surface area contributed by atoms with Gasteiger partial charge in [-0.2, -0.15) is 15.5 Å². The summed E-state index contributed by atoms with van der Waals surface area (Å²) >= 11 is 0. The summed E-state index contributed by atoms with van der Waals surface area (Å²) in [5.74, 6) is 0.701. The Morgan fingerprint density at radius 3 is 2.41 bits per heavy atom. The molecule has 0 bridgehead atoms. The first-order chi connectivity index (χ1) is 19.9. The lowest BCUT2D eigenvalue weighted by molar-refractivity contribution is -0.131. The molecule has 10 heteroatoms. The number of piperazine rings is 1. The highest BCUT2D eigenvalue weighted by Gasteiger charge is 2.24. The molecule has 1 aliphatic rings. The summed E-state index contributed by atoms with van der Waals surface area (Å²) in [6.07, 6.45) is 9.44. The monoisotopic (exact) mass is 548 g/mol. The quantitative estimate of drug-likeness (QED) is 0.307. The predicted molar refractivity (Wildman–Crippen MR) is 154 cm³/mol. The first kappa shape index (κ1) is 26.2. The van der Waals surface area contributed by atoms with E-state index in [1.165, 1.54) is 12.1 Å². The van der Waals surface area contributed by atoms with Crippen LogP contribution in [-0.2, 0) is 11.8 Å². The van der Waals surface area contributed by atoms with Crippen LogP contribution in [-0.4, -0.2) is 61.4 Å². The molecule has 9 nitrogen and oxygen atoms in total. The summed E-state index contributed by atoms with van der Waals surface area (Å²) in [5.41, 5.74) is 5.83. The summed E-state index contributed by atoms with van der Waals surface area (Å²) in [7, 11) is 1.87. The number of halogens is 1. The highest BCUT2D eigenvalue weighted by Crippen LogP contribution is 2.32. The number of rotatable bonds is 6. The molecule has 206 valence electrons. The number of aromatic nitrogens is 5. The standard InChI is InChI=1S/C31H29FN8O/c1-21(22-3-6-27(32)7-4-22)13-30(41)39-11-9-38(10-12-39)29-8-5-23(16-34-29)28-14-24(26-18-35-37(2)19-26)20-40-31(28)25(15-33)17-36-40/h3-8,14,16-21H,9-13H2,1-2H3/t21-/m0/s1. The summed E-state index contributed by atoms with van der Waals surface area (Å²) in [4.78, 5) is 21.8. The molecule has 0 spiro atoms. The van der Waals surface area contributed by atoms with E-state index < -0.39 is 0 Å². The smallest absolute Gasteiger partial charge is 0.223 e. The lowest BCUT2D eigenvalue weighted by Gasteiger charge is -2.36. The third-order valence-corrected chi connectivity index (χ3v) is 7.71. The number of anilines is 1. The van der Waals surface area contributed by atoms with Crippen molar-refractivity contribution in [2.45, 2.75) is 19.3 Å². The molecular weight excluding hydrogens is 519 g/mol. The fourth-order valence-corrected chi connectivity index (χ4v) is 5.37. The van der Waals surface area contributed by atoms with Crippen LogP contribution in [0, 0.1) is 17.1 Å². The van der Waals surface area contributed by atoms with Gasteiger partial charge in [0.25, 0.3) is 0 Å². The molecule has 0 unspecified atom stereocenters. The fourth-order valence-electron chi connectivity index (χ4n) is 5.37. The molecule has 4 aromatic heterocycles. The maximum absolute atomic E-state index is 13.2. The van der Waals surface area contributed by atoms with Gasteiger partial charge in [-0.15, -0.1) is 0 Å². The molecule has 1 saturated heterocycles. The van der Waals surface area contributed by atoms with Crippen molar-refractivity contribution in [3.8, 4) is 28.3 Å². The van der Waals surface area contributed by atoms with Crippen LogP contribution in [0.1, 0.15) is 30.4 Å². The Balaban J connectivity index is 1.16. The number of hydrogen-bond donors (Lipinski definition) is 0. The molecule has 0 saturated carbocycles. The van der Waals surface area contributed by atoms with Crippen molar-refractivity contribution in [1.29, 1.82) is 5.26 Å². The largest absolute Gasteiger partial charge is 0.353 e. The van der Waals surface area contributed by atoms with E-state index in [4.69, 9.17) is 4.98 Å². The Labute approximate surface area is 237 Å². The molecular formula is C31H29FN8O. The Kier molecular flexibility index (Phi) is 6.93. The number of hydrogen-bond acceptors (Lipinski definition) is 6. The van der Waals surface area contributed by atoms with Gasteiger partial charge in [-0.25, -0.2) is 13.9 Å². The molecule has 0 aliphatic carbocycles. The zero-order valence-electron chi connectivity index (χ0n) is 22.9. The van der Waals surface area contributed by atoms with Crippen molar-refractivity contribution in [2.24, 2.45) is 7.05 Å². The molecule has 41 heavy (non-hydrogen) atoms. The van der Waals surface area contributed by atoms with Gasteiger partial charge in [0.1, 0.15) is 17.7 Å². The Bertz CT molecular complexity index is 1740. The highest BCUT2D eigenvalue weighted by molar-refractivity contribution is 5.87. The average Bonchev–Trinajstić information content (AvgIpc) is 3.63. The van der Waals surface area contributed by atoms with Gasteiger partial charge in [0.05, 0.1) is 23.5 Å². The molecule has 5 heterocycles. The summed E-state index contributed by atoms with van der Waals surface area (Å²) < 4.78 is 16.7. The maximum atomic E-state index is 13.2. The zero-order valence-corrected chi connectivity index (χ0v) is 22.9. The zero-order chi connectivity index (χ0) is 28.5. The van der Waals surface area contributed by atoms with E-state index in [1.54, 1.807) is 33.7 Å². The summed E-state index contributed by atoms with van der Waals surface area (Å²) in [5, 5.41) is 18.4. The van der Waals surface area contributed by atoms with Crippen molar-refractivity contribution in [3.05, 3.63) is 90.4 Å². The molecule has 0 N–H and O–H groups in total. The lowest BCUT2D eigenvalue weighted by atomic mass is 9.97. The van der Waals surface area contributed by atoms with E-state index in [0.717, 1.165) is 39.2 Å². The average molecular weight is 549 g/mol. The summed E-state index contributed by atoms with van der Waals surface area (Å²) in [6, 6.07) is 14.7. The summed E-state index contributed by atoms with van der Waals surface area (Å²) in [6.45, 7) is 4.60. The number of benzene rings is 1.